The normalized spacial score (nSPS) is 24.0. The molecule has 0 aliphatic carbocycles. The number of hydrogen-bond acceptors (Lipinski definition) is 4. The van der Waals surface area contributed by atoms with E-state index in [0.717, 1.165) is 25.9 Å². The lowest BCUT2D eigenvalue weighted by Crippen LogP contribution is -2.44. The van der Waals surface area contributed by atoms with E-state index in [1.54, 1.807) is 0 Å². The van der Waals surface area contributed by atoms with E-state index in [0.29, 0.717) is 30.7 Å². The molecular weight excluding hydrogens is 288 g/mol. The van der Waals surface area contributed by atoms with Crippen LogP contribution in [-0.2, 0) is 9.59 Å². The number of carboxylic acids is 1. The van der Waals surface area contributed by atoms with E-state index in [2.05, 4.69) is 5.32 Å². The fourth-order valence-electron chi connectivity index (χ4n) is 3.17. The molecular formula is C15H26N2O3S. The van der Waals surface area contributed by atoms with Crippen molar-refractivity contribution in [2.75, 3.05) is 37.7 Å². The molecule has 2 N–H and O–H groups in total. The van der Waals surface area contributed by atoms with E-state index in [9.17, 15) is 9.59 Å². The van der Waals surface area contributed by atoms with Crippen LogP contribution >= 0.6 is 11.8 Å². The molecule has 2 aliphatic rings. The van der Waals surface area contributed by atoms with Gasteiger partial charge in [-0.3, -0.25) is 9.59 Å². The van der Waals surface area contributed by atoms with Crippen molar-refractivity contribution in [3.05, 3.63) is 0 Å². The second-order valence-electron chi connectivity index (χ2n) is 6.13. The molecule has 1 amide bonds. The monoisotopic (exact) mass is 314 g/mol. The van der Waals surface area contributed by atoms with Crippen LogP contribution in [0.3, 0.4) is 0 Å². The summed E-state index contributed by atoms with van der Waals surface area (Å²) in [5.74, 6) is 2.83. The molecule has 6 heteroatoms. The van der Waals surface area contributed by atoms with Gasteiger partial charge in [0.25, 0.3) is 0 Å². The van der Waals surface area contributed by atoms with Gasteiger partial charge in [0.05, 0.1) is 6.54 Å². The maximum Gasteiger partial charge on any atom is 0.317 e. The molecule has 0 aromatic rings. The third-order valence-corrected chi connectivity index (χ3v) is 5.43. The van der Waals surface area contributed by atoms with Gasteiger partial charge in [-0.25, -0.2) is 0 Å². The largest absolute Gasteiger partial charge is 0.480 e. The number of hydrogen-bond donors (Lipinski definition) is 2. The SMILES string of the molecule is O=C(O)CNCC1CCCN(C(=O)CC2CCSCC2)C1. The molecule has 21 heavy (non-hydrogen) atoms. The van der Waals surface area contributed by atoms with Crippen molar-refractivity contribution in [2.45, 2.75) is 32.1 Å². The Hall–Kier alpha value is -0.750. The van der Waals surface area contributed by atoms with Gasteiger partial charge in [0.2, 0.25) is 5.91 Å². The number of carbonyl (C=O) groups is 2. The van der Waals surface area contributed by atoms with Gasteiger partial charge >= 0.3 is 5.97 Å². The number of likely N-dealkylation sites (tertiary alicyclic amines) is 1. The average Bonchev–Trinajstić information content (AvgIpc) is 2.48. The minimum absolute atomic E-state index is 0.00415. The zero-order valence-electron chi connectivity index (χ0n) is 12.6. The third kappa shape index (κ3) is 5.87. The molecule has 0 saturated carbocycles. The lowest BCUT2D eigenvalue weighted by molar-refractivity contribution is -0.136. The van der Waals surface area contributed by atoms with Gasteiger partial charge in [0.15, 0.2) is 0 Å². The number of piperidine rings is 1. The first kappa shape index (κ1) is 16.6. The first-order valence-corrected chi connectivity index (χ1v) is 9.08. The fraction of sp³-hybridized carbons (Fsp3) is 0.867. The van der Waals surface area contributed by atoms with E-state index >= 15 is 0 Å². The van der Waals surface area contributed by atoms with Crippen LogP contribution in [0.25, 0.3) is 0 Å². The molecule has 2 fully saturated rings. The van der Waals surface area contributed by atoms with Gasteiger partial charge in [-0.15, -0.1) is 0 Å². The Balaban J connectivity index is 1.71. The fourth-order valence-corrected chi connectivity index (χ4v) is 4.37. The number of carbonyl (C=O) groups excluding carboxylic acids is 1. The molecule has 1 unspecified atom stereocenters. The van der Waals surface area contributed by atoms with E-state index in [1.165, 1.54) is 24.3 Å². The number of aliphatic carboxylic acids is 1. The van der Waals surface area contributed by atoms with Crippen molar-refractivity contribution in [1.29, 1.82) is 0 Å². The molecule has 0 aromatic heterocycles. The second kappa shape index (κ2) is 8.63. The predicted molar refractivity (Wildman–Crippen MR) is 84.5 cm³/mol. The van der Waals surface area contributed by atoms with Gasteiger partial charge in [0.1, 0.15) is 0 Å². The second-order valence-corrected chi connectivity index (χ2v) is 7.36. The molecule has 1 atom stereocenters. The number of nitrogens with one attached hydrogen (secondary N) is 1. The van der Waals surface area contributed by atoms with Crippen molar-refractivity contribution in [1.82, 2.24) is 10.2 Å². The van der Waals surface area contributed by atoms with E-state index in [-0.39, 0.29) is 6.54 Å². The standard InChI is InChI=1S/C15H26N2O3S/c18-14(8-12-3-6-21-7-4-12)17-5-1-2-13(11-17)9-16-10-15(19)20/h12-13,16H,1-11H2,(H,19,20). The average molecular weight is 314 g/mol. The maximum absolute atomic E-state index is 12.4. The number of nitrogens with zero attached hydrogens (tertiary/aromatic N) is 1. The first-order chi connectivity index (χ1) is 10.1. The molecule has 0 spiro atoms. The zero-order chi connectivity index (χ0) is 15.1. The Morgan fingerprint density at radius 1 is 1.19 bits per heavy atom. The van der Waals surface area contributed by atoms with Crippen LogP contribution in [0.1, 0.15) is 32.1 Å². The summed E-state index contributed by atoms with van der Waals surface area (Å²) in [6, 6.07) is 0. The van der Waals surface area contributed by atoms with Gasteiger partial charge in [-0.05, 0) is 49.0 Å². The summed E-state index contributed by atoms with van der Waals surface area (Å²) in [4.78, 5) is 24.9. The topological polar surface area (TPSA) is 69.6 Å². The van der Waals surface area contributed by atoms with Crippen molar-refractivity contribution < 1.29 is 14.7 Å². The zero-order valence-corrected chi connectivity index (χ0v) is 13.4. The van der Waals surface area contributed by atoms with Gasteiger partial charge in [-0.1, -0.05) is 0 Å². The summed E-state index contributed by atoms with van der Waals surface area (Å²) in [5.41, 5.74) is 0. The molecule has 0 bridgehead atoms. The molecule has 0 radical (unpaired) electrons. The van der Waals surface area contributed by atoms with Crippen molar-refractivity contribution in [3.63, 3.8) is 0 Å². The lowest BCUT2D eigenvalue weighted by atomic mass is 9.95. The highest BCUT2D eigenvalue weighted by atomic mass is 32.2. The molecule has 0 aromatic carbocycles. The van der Waals surface area contributed by atoms with Gasteiger partial charge in [0, 0.05) is 26.1 Å². The minimum Gasteiger partial charge on any atom is -0.480 e. The number of thioether (sulfide) groups is 1. The van der Waals surface area contributed by atoms with Gasteiger partial charge in [-0.2, -0.15) is 11.8 Å². The van der Waals surface area contributed by atoms with Crippen LogP contribution in [0.15, 0.2) is 0 Å². The minimum atomic E-state index is -0.825. The summed E-state index contributed by atoms with van der Waals surface area (Å²) in [5, 5.41) is 11.6. The highest BCUT2D eigenvalue weighted by Crippen LogP contribution is 2.26. The van der Waals surface area contributed by atoms with Crippen molar-refractivity contribution >= 4 is 23.6 Å². The Kier molecular flexibility index (Phi) is 6.83. The summed E-state index contributed by atoms with van der Waals surface area (Å²) in [6.07, 6.45) is 5.17. The number of rotatable bonds is 6. The van der Waals surface area contributed by atoms with Crippen molar-refractivity contribution in [2.24, 2.45) is 11.8 Å². The number of amides is 1. The van der Waals surface area contributed by atoms with Crippen molar-refractivity contribution in [3.8, 4) is 0 Å². The Bertz CT molecular complexity index is 359. The lowest BCUT2D eigenvalue weighted by Gasteiger charge is -2.34. The summed E-state index contributed by atoms with van der Waals surface area (Å²) < 4.78 is 0. The molecule has 2 rings (SSSR count). The molecule has 2 aliphatic heterocycles. The Morgan fingerprint density at radius 3 is 2.67 bits per heavy atom. The highest BCUT2D eigenvalue weighted by Gasteiger charge is 2.26. The quantitative estimate of drug-likeness (QED) is 0.776. The molecule has 2 heterocycles. The number of carboxylic acid groups (broad SMARTS) is 1. The van der Waals surface area contributed by atoms with Crippen LogP contribution in [0.2, 0.25) is 0 Å². The van der Waals surface area contributed by atoms with Crippen LogP contribution in [0, 0.1) is 11.8 Å². The van der Waals surface area contributed by atoms with Crippen LogP contribution in [-0.4, -0.2) is 59.6 Å². The Morgan fingerprint density at radius 2 is 1.95 bits per heavy atom. The smallest absolute Gasteiger partial charge is 0.317 e. The molecule has 2 saturated heterocycles. The maximum atomic E-state index is 12.4. The van der Waals surface area contributed by atoms with E-state index < -0.39 is 5.97 Å². The summed E-state index contributed by atoms with van der Waals surface area (Å²) in [7, 11) is 0. The highest BCUT2D eigenvalue weighted by molar-refractivity contribution is 7.99. The third-order valence-electron chi connectivity index (χ3n) is 4.39. The van der Waals surface area contributed by atoms with Gasteiger partial charge < -0.3 is 15.3 Å². The van der Waals surface area contributed by atoms with Crippen LogP contribution in [0.4, 0.5) is 0 Å². The van der Waals surface area contributed by atoms with E-state index in [1.807, 2.05) is 16.7 Å². The molecule has 120 valence electrons. The summed E-state index contributed by atoms with van der Waals surface area (Å²) in [6.45, 7) is 2.35. The van der Waals surface area contributed by atoms with Crippen LogP contribution < -0.4 is 5.32 Å². The molecule has 5 nitrogen and oxygen atoms in total. The first-order valence-electron chi connectivity index (χ1n) is 7.93. The predicted octanol–water partition coefficient (Wildman–Crippen LogP) is 1.43. The van der Waals surface area contributed by atoms with Crippen LogP contribution in [0.5, 0.6) is 0 Å². The van der Waals surface area contributed by atoms with E-state index in [4.69, 9.17) is 5.11 Å². The Labute approximate surface area is 130 Å². The summed E-state index contributed by atoms with van der Waals surface area (Å²) >= 11 is 1.99.